The Labute approximate surface area is 112 Å². The Hall–Kier alpha value is -1.63. The standard InChI is InChI=1S/C12H21N5O2/c1-15-11(9(7-13)17(18)19)16-6-2-3-10(14)12(8-16)4-5-12/h7,10H,2-6,8,13-14H2,1H3/b9-7+,15-11?. The van der Waals surface area contributed by atoms with Gasteiger partial charge in [0.25, 0.3) is 0 Å². The Bertz CT molecular complexity index is 428. The first-order chi connectivity index (χ1) is 9.04. The Balaban J connectivity index is 2.22. The zero-order valence-corrected chi connectivity index (χ0v) is 11.2. The predicted octanol–water partition coefficient (Wildman–Crippen LogP) is 0.295. The highest BCUT2D eigenvalue weighted by Crippen LogP contribution is 2.51. The Morgan fingerprint density at radius 2 is 2.26 bits per heavy atom. The number of amidine groups is 1. The van der Waals surface area contributed by atoms with Crippen LogP contribution in [0.3, 0.4) is 0 Å². The van der Waals surface area contributed by atoms with Crippen molar-refractivity contribution in [3.63, 3.8) is 0 Å². The molecule has 0 amide bonds. The van der Waals surface area contributed by atoms with Gasteiger partial charge in [0, 0.05) is 31.6 Å². The van der Waals surface area contributed by atoms with E-state index < -0.39 is 4.92 Å². The third kappa shape index (κ3) is 2.56. The molecule has 0 bridgehead atoms. The van der Waals surface area contributed by atoms with Gasteiger partial charge in [0.2, 0.25) is 5.84 Å². The minimum atomic E-state index is -0.479. The van der Waals surface area contributed by atoms with Gasteiger partial charge in [0.15, 0.2) is 0 Å². The Morgan fingerprint density at radius 3 is 2.74 bits per heavy atom. The molecule has 1 heterocycles. The molecule has 0 aromatic heterocycles. The average Bonchev–Trinajstić information content (AvgIpc) is 3.16. The molecule has 1 saturated carbocycles. The number of nitrogens with two attached hydrogens (primary N) is 2. The fourth-order valence-electron chi connectivity index (χ4n) is 2.89. The first kappa shape index (κ1) is 13.8. The number of nitrogens with zero attached hydrogens (tertiary/aromatic N) is 3. The molecule has 7 nitrogen and oxygen atoms in total. The lowest BCUT2D eigenvalue weighted by Gasteiger charge is -2.27. The maximum atomic E-state index is 11.0. The molecular weight excluding hydrogens is 246 g/mol. The van der Waals surface area contributed by atoms with Crippen LogP contribution in [-0.2, 0) is 0 Å². The van der Waals surface area contributed by atoms with E-state index in [2.05, 4.69) is 4.99 Å². The van der Waals surface area contributed by atoms with E-state index in [1.165, 1.54) is 0 Å². The Kier molecular flexibility index (Phi) is 3.75. The molecule has 4 N–H and O–H groups in total. The molecule has 2 fully saturated rings. The topological polar surface area (TPSA) is 111 Å². The van der Waals surface area contributed by atoms with Gasteiger partial charge in [-0.1, -0.05) is 0 Å². The summed E-state index contributed by atoms with van der Waals surface area (Å²) in [7, 11) is 1.56. The molecule has 1 spiro atoms. The second-order valence-corrected chi connectivity index (χ2v) is 5.39. The first-order valence-corrected chi connectivity index (χ1v) is 6.58. The third-order valence-corrected chi connectivity index (χ3v) is 4.22. The number of hydrogen-bond donors (Lipinski definition) is 2. The summed E-state index contributed by atoms with van der Waals surface area (Å²) in [5.41, 5.74) is 11.6. The van der Waals surface area contributed by atoms with Crippen LogP contribution in [0.15, 0.2) is 16.9 Å². The fourth-order valence-corrected chi connectivity index (χ4v) is 2.89. The highest BCUT2D eigenvalue weighted by Gasteiger charge is 2.50. The van der Waals surface area contributed by atoms with Crippen LogP contribution in [0.2, 0.25) is 0 Å². The number of rotatable bonds is 2. The molecule has 1 unspecified atom stereocenters. The zero-order chi connectivity index (χ0) is 14.0. The van der Waals surface area contributed by atoms with Crippen molar-refractivity contribution in [3.8, 4) is 0 Å². The molecule has 106 valence electrons. The summed E-state index contributed by atoms with van der Waals surface area (Å²) < 4.78 is 0. The molecule has 7 heteroatoms. The van der Waals surface area contributed by atoms with Crippen molar-refractivity contribution < 1.29 is 4.92 Å². The molecule has 19 heavy (non-hydrogen) atoms. The van der Waals surface area contributed by atoms with E-state index in [9.17, 15) is 10.1 Å². The lowest BCUT2D eigenvalue weighted by molar-refractivity contribution is -0.416. The zero-order valence-electron chi connectivity index (χ0n) is 11.2. The minimum absolute atomic E-state index is 0.128. The summed E-state index contributed by atoms with van der Waals surface area (Å²) in [6, 6.07) is 0.191. The van der Waals surface area contributed by atoms with Crippen molar-refractivity contribution in [2.45, 2.75) is 31.7 Å². The van der Waals surface area contributed by atoms with E-state index in [0.29, 0.717) is 5.84 Å². The summed E-state index contributed by atoms with van der Waals surface area (Å²) in [5, 5.41) is 11.0. The SMILES string of the molecule is CN=C(/C(=C\N)[N+](=O)[O-])N1CCCC(N)C2(CC2)C1. The molecule has 0 aromatic carbocycles. The van der Waals surface area contributed by atoms with E-state index >= 15 is 0 Å². The van der Waals surface area contributed by atoms with Crippen LogP contribution in [0.4, 0.5) is 0 Å². The Morgan fingerprint density at radius 1 is 1.58 bits per heavy atom. The summed E-state index contributed by atoms with van der Waals surface area (Å²) in [6.45, 7) is 1.49. The second-order valence-electron chi connectivity index (χ2n) is 5.39. The largest absolute Gasteiger partial charge is 0.399 e. The third-order valence-electron chi connectivity index (χ3n) is 4.22. The van der Waals surface area contributed by atoms with Crippen LogP contribution in [0.1, 0.15) is 25.7 Å². The molecule has 0 aromatic rings. The van der Waals surface area contributed by atoms with Crippen molar-refractivity contribution in [2.75, 3.05) is 20.1 Å². The van der Waals surface area contributed by atoms with Crippen LogP contribution in [0, 0.1) is 15.5 Å². The van der Waals surface area contributed by atoms with Gasteiger partial charge >= 0.3 is 5.70 Å². The van der Waals surface area contributed by atoms with E-state index in [1.807, 2.05) is 4.90 Å². The number of aliphatic imine (C=N–C) groups is 1. The summed E-state index contributed by atoms with van der Waals surface area (Å²) in [5.74, 6) is 0.368. The fraction of sp³-hybridized carbons (Fsp3) is 0.750. The minimum Gasteiger partial charge on any atom is -0.399 e. The van der Waals surface area contributed by atoms with Gasteiger partial charge in [-0.05, 0) is 25.7 Å². The maximum absolute atomic E-state index is 11.0. The normalized spacial score (nSPS) is 27.3. The van der Waals surface area contributed by atoms with Crippen LogP contribution in [0.25, 0.3) is 0 Å². The van der Waals surface area contributed by atoms with E-state index in [1.54, 1.807) is 7.05 Å². The van der Waals surface area contributed by atoms with E-state index in [0.717, 1.165) is 45.0 Å². The monoisotopic (exact) mass is 267 g/mol. The van der Waals surface area contributed by atoms with Crippen molar-refractivity contribution in [1.82, 2.24) is 4.90 Å². The maximum Gasteiger partial charge on any atom is 0.326 e. The van der Waals surface area contributed by atoms with E-state index in [4.69, 9.17) is 11.5 Å². The molecule has 2 aliphatic rings. The van der Waals surface area contributed by atoms with Gasteiger partial charge in [-0.25, -0.2) is 0 Å². The summed E-state index contributed by atoms with van der Waals surface area (Å²) in [4.78, 5) is 16.6. The van der Waals surface area contributed by atoms with Crippen LogP contribution in [-0.4, -0.2) is 41.8 Å². The molecule has 2 rings (SSSR count). The van der Waals surface area contributed by atoms with Gasteiger partial charge in [0.05, 0.1) is 11.1 Å². The van der Waals surface area contributed by atoms with Gasteiger partial charge in [0.1, 0.15) is 0 Å². The highest BCUT2D eigenvalue weighted by atomic mass is 16.6. The van der Waals surface area contributed by atoms with E-state index in [-0.39, 0.29) is 17.2 Å². The lowest BCUT2D eigenvalue weighted by Crippen LogP contribution is -2.42. The highest BCUT2D eigenvalue weighted by molar-refractivity contribution is 5.96. The van der Waals surface area contributed by atoms with Gasteiger partial charge in [-0.2, -0.15) is 0 Å². The molecule has 0 radical (unpaired) electrons. The average molecular weight is 267 g/mol. The number of likely N-dealkylation sites (tertiary alicyclic amines) is 1. The molecular formula is C12H21N5O2. The first-order valence-electron chi connectivity index (χ1n) is 6.58. The quantitative estimate of drug-likeness (QED) is 0.323. The summed E-state index contributed by atoms with van der Waals surface area (Å²) in [6.07, 6.45) is 5.11. The molecule has 1 atom stereocenters. The second kappa shape index (κ2) is 5.16. The number of hydrogen-bond acceptors (Lipinski definition) is 5. The molecule has 1 aliphatic carbocycles. The molecule has 1 aliphatic heterocycles. The summed E-state index contributed by atoms with van der Waals surface area (Å²) >= 11 is 0. The lowest BCUT2D eigenvalue weighted by atomic mass is 9.94. The van der Waals surface area contributed by atoms with Crippen LogP contribution >= 0.6 is 0 Å². The van der Waals surface area contributed by atoms with Crippen molar-refractivity contribution in [2.24, 2.45) is 21.9 Å². The smallest absolute Gasteiger partial charge is 0.326 e. The van der Waals surface area contributed by atoms with Crippen LogP contribution < -0.4 is 11.5 Å². The number of nitro groups is 1. The van der Waals surface area contributed by atoms with Gasteiger partial charge in [-0.15, -0.1) is 0 Å². The van der Waals surface area contributed by atoms with Crippen LogP contribution in [0.5, 0.6) is 0 Å². The van der Waals surface area contributed by atoms with Gasteiger partial charge < -0.3 is 16.4 Å². The predicted molar refractivity (Wildman–Crippen MR) is 73.1 cm³/mol. The van der Waals surface area contributed by atoms with Crippen molar-refractivity contribution in [1.29, 1.82) is 0 Å². The van der Waals surface area contributed by atoms with Crippen molar-refractivity contribution >= 4 is 5.84 Å². The van der Waals surface area contributed by atoms with Crippen molar-refractivity contribution in [3.05, 3.63) is 22.0 Å². The molecule has 1 saturated heterocycles. The van der Waals surface area contributed by atoms with Gasteiger partial charge in [-0.3, -0.25) is 15.1 Å².